The number of nitrogens with one attached hydrogen (secondary N) is 1. The third-order valence-corrected chi connectivity index (χ3v) is 5.31. The molecule has 150 valence electrons. The van der Waals surface area contributed by atoms with Gasteiger partial charge in [0.1, 0.15) is 0 Å². The summed E-state index contributed by atoms with van der Waals surface area (Å²) in [6, 6.07) is 8.31. The maximum atomic E-state index is 12.7. The Bertz CT molecular complexity index is 833. The zero-order valence-corrected chi connectivity index (χ0v) is 17.2. The Labute approximate surface area is 167 Å². The molecule has 6 heteroatoms. The zero-order chi connectivity index (χ0) is 20.1. The molecule has 1 fully saturated rings. The van der Waals surface area contributed by atoms with Gasteiger partial charge >= 0.3 is 0 Å². The van der Waals surface area contributed by atoms with Gasteiger partial charge in [0, 0.05) is 44.0 Å². The average Bonchev–Trinajstić information content (AvgIpc) is 2.92. The first kappa shape index (κ1) is 20.3. The van der Waals surface area contributed by atoms with Gasteiger partial charge in [0.25, 0.3) is 0 Å². The van der Waals surface area contributed by atoms with Gasteiger partial charge in [-0.2, -0.15) is 5.10 Å². The normalized spacial score (nSPS) is 16.4. The SMILES string of the molecule is Cc1ccc(C(CN2CCOCC2)NC(=O)/C=C/c2c(C)nn(C)c2C)cc1. The molecule has 0 spiro atoms. The van der Waals surface area contributed by atoms with Crippen molar-refractivity contribution in [1.29, 1.82) is 0 Å². The maximum absolute atomic E-state index is 12.7. The third-order valence-electron chi connectivity index (χ3n) is 5.31. The molecular formula is C22H30N4O2. The molecule has 1 unspecified atom stereocenters. The Morgan fingerprint density at radius 3 is 2.50 bits per heavy atom. The number of morpholine rings is 1. The Kier molecular flexibility index (Phi) is 6.65. The van der Waals surface area contributed by atoms with Gasteiger partial charge in [-0.05, 0) is 32.4 Å². The van der Waals surface area contributed by atoms with Crippen molar-refractivity contribution >= 4 is 12.0 Å². The molecule has 0 radical (unpaired) electrons. The van der Waals surface area contributed by atoms with Crippen LogP contribution in [-0.4, -0.2) is 53.4 Å². The van der Waals surface area contributed by atoms with E-state index in [2.05, 4.69) is 46.5 Å². The minimum atomic E-state index is -0.0958. The molecule has 6 nitrogen and oxygen atoms in total. The molecule has 1 aromatic heterocycles. The highest BCUT2D eigenvalue weighted by molar-refractivity contribution is 5.92. The van der Waals surface area contributed by atoms with Gasteiger partial charge in [0.15, 0.2) is 0 Å². The molecule has 3 rings (SSSR count). The first-order valence-corrected chi connectivity index (χ1v) is 9.79. The van der Waals surface area contributed by atoms with Gasteiger partial charge in [0.05, 0.1) is 24.9 Å². The van der Waals surface area contributed by atoms with E-state index in [9.17, 15) is 4.79 Å². The van der Waals surface area contributed by atoms with Gasteiger partial charge in [-0.25, -0.2) is 0 Å². The molecule has 1 saturated heterocycles. The summed E-state index contributed by atoms with van der Waals surface area (Å²) >= 11 is 0. The number of ether oxygens (including phenoxy) is 1. The van der Waals surface area contributed by atoms with Crippen molar-refractivity contribution in [3.05, 3.63) is 58.4 Å². The van der Waals surface area contributed by atoms with Crippen molar-refractivity contribution in [1.82, 2.24) is 20.0 Å². The summed E-state index contributed by atoms with van der Waals surface area (Å²) in [6.45, 7) is 10.1. The predicted octanol–water partition coefficient (Wildman–Crippen LogP) is 2.55. The molecule has 1 N–H and O–H groups in total. The number of benzene rings is 1. The fourth-order valence-electron chi connectivity index (χ4n) is 3.49. The molecule has 1 atom stereocenters. The van der Waals surface area contributed by atoms with Crippen LogP contribution in [0.1, 0.15) is 34.1 Å². The Morgan fingerprint density at radius 2 is 1.89 bits per heavy atom. The van der Waals surface area contributed by atoms with Gasteiger partial charge in [-0.3, -0.25) is 14.4 Å². The molecule has 0 bridgehead atoms. The lowest BCUT2D eigenvalue weighted by Gasteiger charge is -2.31. The number of carbonyl (C=O) groups excluding carboxylic acids is 1. The molecule has 1 amide bonds. The van der Waals surface area contributed by atoms with Gasteiger partial charge < -0.3 is 10.1 Å². The second-order valence-electron chi connectivity index (χ2n) is 7.43. The van der Waals surface area contributed by atoms with E-state index in [1.54, 1.807) is 6.08 Å². The van der Waals surface area contributed by atoms with Gasteiger partial charge in [-0.15, -0.1) is 0 Å². The molecule has 28 heavy (non-hydrogen) atoms. The molecule has 2 heterocycles. The Hall–Kier alpha value is -2.44. The van der Waals surface area contributed by atoms with E-state index in [4.69, 9.17) is 4.74 Å². The summed E-state index contributed by atoms with van der Waals surface area (Å²) in [6.07, 6.45) is 3.46. The fraction of sp³-hybridized carbons (Fsp3) is 0.455. The van der Waals surface area contributed by atoms with Crippen LogP contribution in [0.25, 0.3) is 6.08 Å². The third kappa shape index (κ3) is 5.09. The van der Waals surface area contributed by atoms with E-state index >= 15 is 0 Å². The van der Waals surface area contributed by atoms with Crippen LogP contribution in [0.5, 0.6) is 0 Å². The summed E-state index contributed by atoms with van der Waals surface area (Å²) in [7, 11) is 1.91. The van der Waals surface area contributed by atoms with E-state index in [0.717, 1.165) is 55.4 Å². The quantitative estimate of drug-likeness (QED) is 0.780. The molecule has 1 aliphatic heterocycles. The highest BCUT2D eigenvalue weighted by Crippen LogP contribution is 2.17. The van der Waals surface area contributed by atoms with Crippen molar-refractivity contribution in [2.75, 3.05) is 32.8 Å². The monoisotopic (exact) mass is 382 g/mol. The Morgan fingerprint density at radius 1 is 1.21 bits per heavy atom. The van der Waals surface area contributed by atoms with Crippen LogP contribution < -0.4 is 5.32 Å². The number of aromatic nitrogens is 2. The Balaban J connectivity index is 1.73. The van der Waals surface area contributed by atoms with Crippen LogP contribution in [0.3, 0.4) is 0 Å². The number of amides is 1. The molecule has 0 aliphatic carbocycles. The van der Waals surface area contributed by atoms with Crippen LogP contribution in [0.15, 0.2) is 30.3 Å². The summed E-state index contributed by atoms with van der Waals surface area (Å²) in [5, 5.41) is 7.58. The smallest absolute Gasteiger partial charge is 0.244 e. The maximum Gasteiger partial charge on any atom is 0.244 e. The lowest BCUT2D eigenvalue weighted by molar-refractivity contribution is -0.117. The zero-order valence-electron chi connectivity index (χ0n) is 17.2. The molecule has 1 aromatic carbocycles. The first-order valence-electron chi connectivity index (χ1n) is 9.79. The lowest BCUT2D eigenvalue weighted by Crippen LogP contribution is -2.42. The van der Waals surface area contributed by atoms with E-state index in [0.29, 0.717) is 0 Å². The highest BCUT2D eigenvalue weighted by atomic mass is 16.5. The van der Waals surface area contributed by atoms with Crippen molar-refractivity contribution in [2.24, 2.45) is 7.05 Å². The minimum absolute atomic E-state index is 0.0630. The largest absolute Gasteiger partial charge is 0.379 e. The van der Waals surface area contributed by atoms with E-state index in [1.807, 2.05) is 31.7 Å². The summed E-state index contributed by atoms with van der Waals surface area (Å²) in [5.74, 6) is -0.0958. The number of hydrogen-bond acceptors (Lipinski definition) is 4. The standard InChI is InChI=1S/C22H30N4O2/c1-16-5-7-19(8-6-16)21(15-26-11-13-28-14-12-26)23-22(27)10-9-20-17(2)24-25(4)18(20)3/h5-10,21H,11-15H2,1-4H3,(H,23,27)/b10-9+. The van der Waals surface area contributed by atoms with Gasteiger partial charge in [0.2, 0.25) is 5.91 Å². The van der Waals surface area contributed by atoms with Crippen molar-refractivity contribution in [3.8, 4) is 0 Å². The van der Waals surface area contributed by atoms with Crippen molar-refractivity contribution in [3.63, 3.8) is 0 Å². The second kappa shape index (κ2) is 9.17. The topological polar surface area (TPSA) is 59.4 Å². The lowest BCUT2D eigenvalue weighted by atomic mass is 10.0. The number of carbonyl (C=O) groups is 1. The summed E-state index contributed by atoms with van der Waals surface area (Å²) in [4.78, 5) is 15.0. The van der Waals surface area contributed by atoms with Crippen LogP contribution in [0.4, 0.5) is 0 Å². The first-order chi connectivity index (χ1) is 13.4. The minimum Gasteiger partial charge on any atom is -0.379 e. The van der Waals surface area contributed by atoms with Crippen molar-refractivity contribution in [2.45, 2.75) is 26.8 Å². The number of hydrogen-bond donors (Lipinski definition) is 1. The summed E-state index contributed by atoms with van der Waals surface area (Å²) in [5.41, 5.74) is 5.30. The number of nitrogens with zero attached hydrogens (tertiary/aromatic N) is 3. The van der Waals surface area contributed by atoms with Crippen LogP contribution in [0.2, 0.25) is 0 Å². The number of aryl methyl sites for hydroxylation is 3. The highest BCUT2D eigenvalue weighted by Gasteiger charge is 2.19. The van der Waals surface area contributed by atoms with Crippen LogP contribution in [-0.2, 0) is 16.6 Å². The predicted molar refractivity (Wildman–Crippen MR) is 111 cm³/mol. The van der Waals surface area contributed by atoms with Crippen LogP contribution in [0, 0.1) is 20.8 Å². The summed E-state index contributed by atoms with van der Waals surface area (Å²) < 4.78 is 7.28. The van der Waals surface area contributed by atoms with Gasteiger partial charge in [-0.1, -0.05) is 29.8 Å². The van der Waals surface area contributed by atoms with E-state index < -0.39 is 0 Å². The van der Waals surface area contributed by atoms with Crippen molar-refractivity contribution < 1.29 is 9.53 Å². The van der Waals surface area contributed by atoms with E-state index in [1.165, 1.54) is 5.56 Å². The molecular weight excluding hydrogens is 352 g/mol. The molecule has 0 saturated carbocycles. The van der Waals surface area contributed by atoms with Crippen LogP contribution >= 0.6 is 0 Å². The average molecular weight is 383 g/mol. The van der Waals surface area contributed by atoms with E-state index in [-0.39, 0.29) is 11.9 Å². The molecule has 1 aliphatic rings. The number of rotatable bonds is 6. The second-order valence-corrected chi connectivity index (χ2v) is 7.43. The molecule has 2 aromatic rings. The fourth-order valence-corrected chi connectivity index (χ4v) is 3.49.